The molecule has 0 fully saturated rings. The Balaban J connectivity index is 2.56. The van der Waals surface area contributed by atoms with Crippen LogP contribution in [0.25, 0.3) is 0 Å². The van der Waals surface area contributed by atoms with E-state index in [-0.39, 0.29) is 5.69 Å². The van der Waals surface area contributed by atoms with Crippen LogP contribution in [0.2, 0.25) is 0 Å². The third-order valence-electron chi connectivity index (χ3n) is 2.45. The molecule has 0 aromatic carbocycles. The van der Waals surface area contributed by atoms with E-state index in [1.54, 1.807) is 17.8 Å². The van der Waals surface area contributed by atoms with Gasteiger partial charge >= 0.3 is 5.97 Å². The number of thioether (sulfide) groups is 1. The van der Waals surface area contributed by atoms with Crippen LogP contribution < -0.4 is 0 Å². The monoisotopic (exact) mass is 239 g/mol. The molecule has 1 N–H and O–H groups in total. The number of hydrogen-bond acceptors (Lipinski definition) is 3. The average Bonchev–Trinajstić information content (AvgIpc) is 2.29. The van der Waals surface area contributed by atoms with Crippen LogP contribution in [0, 0.1) is 5.92 Å². The molecule has 0 bridgehead atoms. The van der Waals surface area contributed by atoms with Crippen LogP contribution in [0.5, 0.6) is 0 Å². The Morgan fingerprint density at radius 3 is 3.00 bits per heavy atom. The fourth-order valence-electron chi connectivity index (χ4n) is 1.24. The van der Waals surface area contributed by atoms with E-state index in [4.69, 9.17) is 5.11 Å². The van der Waals surface area contributed by atoms with Crippen LogP contribution in [0.3, 0.4) is 0 Å². The maximum absolute atomic E-state index is 10.9. The zero-order valence-electron chi connectivity index (χ0n) is 9.64. The fraction of sp³-hybridized carbons (Fsp3) is 0.500. The van der Waals surface area contributed by atoms with Gasteiger partial charge in [-0.2, -0.15) is 11.8 Å². The van der Waals surface area contributed by atoms with Crippen molar-refractivity contribution < 1.29 is 9.90 Å². The minimum absolute atomic E-state index is 0.180. The zero-order valence-corrected chi connectivity index (χ0v) is 10.5. The number of aromatic carboxylic acids is 1. The first-order valence-electron chi connectivity index (χ1n) is 5.40. The molecule has 0 spiro atoms. The number of carboxylic acid groups (broad SMARTS) is 1. The summed E-state index contributed by atoms with van der Waals surface area (Å²) >= 11 is 1.77. The van der Waals surface area contributed by atoms with E-state index >= 15 is 0 Å². The first-order valence-corrected chi connectivity index (χ1v) is 6.55. The maximum Gasteiger partial charge on any atom is 0.354 e. The predicted molar refractivity (Wildman–Crippen MR) is 66.8 cm³/mol. The topological polar surface area (TPSA) is 50.2 Å². The van der Waals surface area contributed by atoms with Crippen molar-refractivity contribution in [3.8, 4) is 0 Å². The molecule has 1 rings (SSSR count). The molecule has 0 saturated heterocycles. The molecule has 16 heavy (non-hydrogen) atoms. The van der Waals surface area contributed by atoms with Gasteiger partial charge in [-0.1, -0.05) is 26.3 Å². The van der Waals surface area contributed by atoms with Crippen molar-refractivity contribution >= 4 is 17.7 Å². The lowest BCUT2D eigenvalue weighted by Gasteiger charge is -2.08. The van der Waals surface area contributed by atoms with Crippen molar-refractivity contribution in [3.05, 3.63) is 29.6 Å². The van der Waals surface area contributed by atoms with Gasteiger partial charge in [0.1, 0.15) is 0 Å². The number of hydrogen-bond donors (Lipinski definition) is 1. The SMILES string of the molecule is CCC(C)CSCc1cccnc1C(=O)O. The molecule has 0 radical (unpaired) electrons. The Morgan fingerprint density at radius 2 is 2.38 bits per heavy atom. The van der Waals surface area contributed by atoms with E-state index in [0.29, 0.717) is 5.92 Å². The number of carbonyl (C=O) groups is 1. The van der Waals surface area contributed by atoms with Crippen LogP contribution in [0.15, 0.2) is 18.3 Å². The Bertz CT molecular complexity index is 355. The van der Waals surface area contributed by atoms with Gasteiger partial charge in [-0.3, -0.25) is 0 Å². The first kappa shape index (κ1) is 13.0. The molecule has 0 saturated carbocycles. The van der Waals surface area contributed by atoms with Crippen molar-refractivity contribution in [1.29, 1.82) is 0 Å². The minimum atomic E-state index is -0.945. The molecule has 4 heteroatoms. The highest BCUT2D eigenvalue weighted by atomic mass is 32.2. The van der Waals surface area contributed by atoms with Crippen LogP contribution in [0.1, 0.15) is 36.3 Å². The van der Waals surface area contributed by atoms with Gasteiger partial charge in [0, 0.05) is 11.9 Å². The molecule has 0 amide bonds. The van der Waals surface area contributed by atoms with Crippen LogP contribution in [-0.2, 0) is 5.75 Å². The zero-order chi connectivity index (χ0) is 12.0. The smallest absolute Gasteiger partial charge is 0.354 e. The summed E-state index contributed by atoms with van der Waals surface area (Å²) in [6.07, 6.45) is 2.68. The summed E-state index contributed by atoms with van der Waals surface area (Å²) in [6, 6.07) is 3.62. The quantitative estimate of drug-likeness (QED) is 0.829. The summed E-state index contributed by atoms with van der Waals surface area (Å²) in [5.74, 6) is 1.51. The molecular weight excluding hydrogens is 222 g/mol. The largest absolute Gasteiger partial charge is 0.477 e. The lowest BCUT2D eigenvalue weighted by Crippen LogP contribution is -2.05. The molecule has 1 heterocycles. The second kappa shape index (κ2) is 6.53. The molecule has 1 aromatic heterocycles. The van der Waals surface area contributed by atoms with Crippen molar-refractivity contribution in [2.24, 2.45) is 5.92 Å². The summed E-state index contributed by atoms with van der Waals surface area (Å²) in [6.45, 7) is 4.37. The Labute approximate surface area is 100 Å². The van der Waals surface area contributed by atoms with E-state index in [1.165, 1.54) is 6.20 Å². The van der Waals surface area contributed by atoms with Gasteiger partial charge in [-0.15, -0.1) is 0 Å². The average molecular weight is 239 g/mol. The molecule has 0 aliphatic heterocycles. The summed E-state index contributed by atoms with van der Waals surface area (Å²) in [5, 5.41) is 8.95. The molecule has 1 aromatic rings. The number of aromatic nitrogens is 1. The van der Waals surface area contributed by atoms with Gasteiger partial charge in [0.25, 0.3) is 0 Å². The third kappa shape index (κ3) is 3.85. The highest BCUT2D eigenvalue weighted by Crippen LogP contribution is 2.18. The normalized spacial score (nSPS) is 12.4. The fourth-order valence-corrected chi connectivity index (χ4v) is 2.44. The van der Waals surface area contributed by atoms with Crippen LogP contribution in [-0.4, -0.2) is 21.8 Å². The van der Waals surface area contributed by atoms with Crippen molar-refractivity contribution in [2.45, 2.75) is 26.0 Å². The van der Waals surface area contributed by atoms with Crippen LogP contribution >= 0.6 is 11.8 Å². The van der Waals surface area contributed by atoms with Crippen molar-refractivity contribution in [2.75, 3.05) is 5.75 Å². The minimum Gasteiger partial charge on any atom is -0.477 e. The lowest BCUT2D eigenvalue weighted by molar-refractivity contribution is 0.0689. The van der Waals surface area contributed by atoms with Crippen LogP contribution in [0.4, 0.5) is 0 Å². The van der Waals surface area contributed by atoms with E-state index in [9.17, 15) is 4.79 Å². The summed E-state index contributed by atoms with van der Waals surface area (Å²) in [7, 11) is 0. The molecule has 3 nitrogen and oxygen atoms in total. The third-order valence-corrected chi connectivity index (χ3v) is 3.77. The Kier molecular flexibility index (Phi) is 5.32. The first-order chi connectivity index (χ1) is 7.65. The summed E-state index contributed by atoms with van der Waals surface area (Å²) < 4.78 is 0. The predicted octanol–water partition coefficient (Wildman–Crippen LogP) is 3.06. The summed E-state index contributed by atoms with van der Waals surface area (Å²) in [4.78, 5) is 14.8. The molecule has 0 aliphatic carbocycles. The van der Waals surface area contributed by atoms with E-state index in [0.717, 1.165) is 23.5 Å². The standard InChI is InChI=1S/C12H17NO2S/c1-3-9(2)7-16-8-10-5-4-6-13-11(10)12(14)15/h4-6,9H,3,7-8H2,1-2H3,(H,14,15). The molecular formula is C12H17NO2S. The Hall–Kier alpha value is -1.03. The van der Waals surface area contributed by atoms with Gasteiger partial charge in [0.15, 0.2) is 5.69 Å². The number of carboxylic acids is 1. The van der Waals surface area contributed by atoms with Gasteiger partial charge in [0.05, 0.1) is 0 Å². The highest BCUT2D eigenvalue weighted by molar-refractivity contribution is 7.98. The Morgan fingerprint density at radius 1 is 1.62 bits per heavy atom. The summed E-state index contributed by atoms with van der Waals surface area (Å²) in [5.41, 5.74) is 0.988. The highest BCUT2D eigenvalue weighted by Gasteiger charge is 2.10. The van der Waals surface area contributed by atoms with Gasteiger partial charge in [-0.25, -0.2) is 9.78 Å². The van der Waals surface area contributed by atoms with Gasteiger partial charge in [0.2, 0.25) is 0 Å². The number of nitrogens with zero attached hydrogens (tertiary/aromatic N) is 1. The molecule has 1 unspecified atom stereocenters. The molecule has 0 aliphatic rings. The molecule has 88 valence electrons. The number of rotatable bonds is 6. The second-order valence-corrected chi connectivity index (χ2v) is 4.88. The van der Waals surface area contributed by atoms with Crippen molar-refractivity contribution in [3.63, 3.8) is 0 Å². The maximum atomic E-state index is 10.9. The van der Waals surface area contributed by atoms with E-state index in [2.05, 4.69) is 18.8 Å². The second-order valence-electron chi connectivity index (χ2n) is 3.84. The lowest BCUT2D eigenvalue weighted by atomic mass is 10.2. The number of pyridine rings is 1. The molecule has 1 atom stereocenters. The van der Waals surface area contributed by atoms with Gasteiger partial charge < -0.3 is 5.11 Å². The van der Waals surface area contributed by atoms with E-state index in [1.807, 2.05) is 6.07 Å². The van der Waals surface area contributed by atoms with Gasteiger partial charge in [-0.05, 0) is 23.3 Å². The van der Waals surface area contributed by atoms with E-state index < -0.39 is 5.97 Å². The van der Waals surface area contributed by atoms with Crippen molar-refractivity contribution in [1.82, 2.24) is 4.98 Å².